The predicted octanol–water partition coefficient (Wildman–Crippen LogP) is 3.54. The highest BCUT2D eigenvalue weighted by molar-refractivity contribution is 6.01. The lowest BCUT2D eigenvalue weighted by Gasteiger charge is -2.44. The van der Waals surface area contributed by atoms with Crippen molar-refractivity contribution < 1.29 is 9.59 Å². The zero-order valence-corrected chi connectivity index (χ0v) is 18.6. The van der Waals surface area contributed by atoms with E-state index in [1.54, 1.807) is 11.1 Å². The van der Waals surface area contributed by atoms with E-state index in [0.717, 1.165) is 36.0 Å². The van der Waals surface area contributed by atoms with Crippen LogP contribution in [0, 0.1) is 5.92 Å². The molecule has 166 valence electrons. The van der Waals surface area contributed by atoms with Crippen molar-refractivity contribution >= 4 is 22.8 Å². The lowest BCUT2D eigenvalue weighted by molar-refractivity contribution is -0.134. The van der Waals surface area contributed by atoms with Gasteiger partial charge in [-0.2, -0.15) is 0 Å². The average Bonchev–Trinajstić information content (AvgIpc) is 3.17. The molecule has 1 fully saturated rings. The number of benzene rings is 1. The molecular formula is C25H29N5O2. The largest absolute Gasteiger partial charge is 0.351 e. The van der Waals surface area contributed by atoms with Crippen LogP contribution in [-0.2, 0) is 17.9 Å². The Morgan fingerprint density at radius 2 is 1.94 bits per heavy atom. The second-order valence-corrected chi connectivity index (χ2v) is 9.34. The summed E-state index contributed by atoms with van der Waals surface area (Å²) in [6, 6.07) is 13.5. The number of fused-ring (bicyclic) bond motifs is 3. The first kappa shape index (κ1) is 20.7. The summed E-state index contributed by atoms with van der Waals surface area (Å²) in [5.41, 5.74) is 1.33. The van der Waals surface area contributed by atoms with Gasteiger partial charge in [0.1, 0.15) is 5.54 Å². The van der Waals surface area contributed by atoms with Crippen molar-refractivity contribution in [1.29, 1.82) is 0 Å². The Hall–Kier alpha value is -3.22. The molecule has 3 unspecified atom stereocenters. The van der Waals surface area contributed by atoms with Gasteiger partial charge in [-0.3, -0.25) is 14.6 Å². The van der Waals surface area contributed by atoms with E-state index < -0.39 is 5.54 Å². The first-order valence-electron chi connectivity index (χ1n) is 11.5. The lowest BCUT2D eigenvalue weighted by atomic mass is 9.85. The number of rotatable bonds is 4. The maximum atomic E-state index is 13.8. The van der Waals surface area contributed by atoms with Gasteiger partial charge in [0.15, 0.2) is 5.82 Å². The topological polar surface area (TPSA) is 80.1 Å². The molecule has 3 heterocycles. The Bertz CT molecular complexity index is 1160. The van der Waals surface area contributed by atoms with Crippen LogP contribution in [0.15, 0.2) is 48.7 Å². The van der Waals surface area contributed by atoms with Crippen molar-refractivity contribution in [3.63, 3.8) is 0 Å². The minimum Gasteiger partial charge on any atom is -0.351 e. The van der Waals surface area contributed by atoms with E-state index in [2.05, 4.69) is 22.2 Å². The minimum absolute atomic E-state index is 0.107. The van der Waals surface area contributed by atoms with Gasteiger partial charge in [-0.05, 0) is 49.9 Å². The van der Waals surface area contributed by atoms with Gasteiger partial charge in [0.05, 0.1) is 29.8 Å². The number of nitrogens with one attached hydrogen (secondary N) is 1. The smallest absolute Gasteiger partial charge is 0.291 e. The number of nitrogens with zero attached hydrogens (tertiary/aromatic N) is 4. The molecule has 3 aromatic rings. The molecule has 0 radical (unpaired) electrons. The summed E-state index contributed by atoms with van der Waals surface area (Å²) in [4.78, 5) is 38.1. The first-order valence-corrected chi connectivity index (χ1v) is 11.5. The van der Waals surface area contributed by atoms with Crippen LogP contribution in [0.4, 0.5) is 0 Å². The van der Waals surface area contributed by atoms with Gasteiger partial charge < -0.3 is 14.8 Å². The van der Waals surface area contributed by atoms with Crippen molar-refractivity contribution in [2.75, 3.05) is 0 Å². The third kappa shape index (κ3) is 3.45. The summed E-state index contributed by atoms with van der Waals surface area (Å²) >= 11 is 0. The summed E-state index contributed by atoms with van der Waals surface area (Å²) in [6.07, 6.45) is 6.14. The molecule has 1 N–H and O–H groups in total. The molecule has 5 rings (SSSR count). The highest BCUT2D eigenvalue weighted by Crippen LogP contribution is 2.32. The molecule has 0 saturated heterocycles. The Morgan fingerprint density at radius 1 is 1.16 bits per heavy atom. The normalized spacial score (nSPS) is 25.6. The molecule has 0 bridgehead atoms. The molecule has 2 aliphatic rings. The van der Waals surface area contributed by atoms with Crippen molar-refractivity contribution in [3.05, 3.63) is 60.2 Å². The Morgan fingerprint density at radius 3 is 2.72 bits per heavy atom. The molecular weight excluding hydrogens is 402 g/mol. The van der Waals surface area contributed by atoms with Crippen LogP contribution in [-0.4, -0.2) is 42.8 Å². The predicted molar refractivity (Wildman–Crippen MR) is 122 cm³/mol. The van der Waals surface area contributed by atoms with Gasteiger partial charge in [0.25, 0.3) is 5.91 Å². The van der Waals surface area contributed by atoms with Crippen LogP contribution in [0.3, 0.4) is 0 Å². The van der Waals surface area contributed by atoms with Gasteiger partial charge in [-0.1, -0.05) is 38.0 Å². The van der Waals surface area contributed by atoms with E-state index in [1.165, 1.54) is 6.42 Å². The summed E-state index contributed by atoms with van der Waals surface area (Å²) in [6.45, 7) is 4.68. The molecule has 1 aliphatic heterocycles. The van der Waals surface area contributed by atoms with E-state index >= 15 is 0 Å². The van der Waals surface area contributed by atoms with Gasteiger partial charge in [-0.25, -0.2) is 4.98 Å². The summed E-state index contributed by atoms with van der Waals surface area (Å²) in [7, 11) is 0. The third-order valence-corrected chi connectivity index (χ3v) is 7.12. The van der Waals surface area contributed by atoms with Crippen molar-refractivity contribution in [2.24, 2.45) is 5.92 Å². The van der Waals surface area contributed by atoms with Crippen LogP contribution < -0.4 is 5.32 Å². The average molecular weight is 432 g/mol. The maximum absolute atomic E-state index is 13.8. The number of hydrogen-bond donors (Lipinski definition) is 1. The molecule has 3 atom stereocenters. The van der Waals surface area contributed by atoms with E-state index in [9.17, 15) is 9.59 Å². The standard InChI is InChI=1S/C25H29N5O2/c1-17-9-3-4-11-19(17)28-24(32)25(2)16-29-21-13-6-5-12-20(21)27-22(29)23(31)30(25)15-18-10-7-8-14-26-18/h5-8,10,12-14,17,19H,3-4,9,11,15-16H2,1-2H3,(H,28,32). The number of carbonyl (C=O) groups is 2. The fourth-order valence-electron chi connectivity index (χ4n) is 5.09. The molecule has 7 nitrogen and oxygen atoms in total. The molecule has 0 spiro atoms. The van der Waals surface area contributed by atoms with Crippen LogP contribution >= 0.6 is 0 Å². The second kappa shape index (κ2) is 8.04. The summed E-state index contributed by atoms with van der Waals surface area (Å²) in [5.74, 6) is 0.458. The number of aromatic nitrogens is 3. The van der Waals surface area contributed by atoms with E-state index in [-0.39, 0.29) is 24.4 Å². The minimum atomic E-state index is -1.05. The molecule has 1 saturated carbocycles. The van der Waals surface area contributed by atoms with Gasteiger partial charge >= 0.3 is 0 Å². The van der Waals surface area contributed by atoms with Crippen LogP contribution in [0.5, 0.6) is 0 Å². The molecule has 1 aromatic carbocycles. The van der Waals surface area contributed by atoms with Crippen LogP contribution in [0.25, 0.3) is 11.0 Å². The monoisotopic (exact) mass is 431 g/mol. The van der Waals surface area contributed by atoms with Gasteiger partial charge in [0.2, 0.25) is 5.91 Å². The van der Waals surface area contributed by atoms with Crippen molar-refractivity contribution in [2.45, 2.75) is 64.2 Å². The first-order chi connectivity index (χ1) is 15.5. The molecule has 1 aliphatic carbocycles. The fourth-order valence-corrected chi connectivity index (χ4v) is 5.09. The third-order valence-electron chi connectivity index (χ3n) is 7.12. The number of para-hydroxylation sites is 2. The molecule has 7 heteroatoms. The number of pyridine rings is 1. The van der Waals surface area contributed by atoms with Gasteiger partial charge in [-0.15, -0.1) is 0 Å². The van der Waals surface area contributed by atoms with Crippen molar-refractivity contribution in [3.8, 4) is 0 Å². The summed E-state index contributed by atoms with van der Waals surface area (Å²) < 4.78 is 1.90. The lowest BCUT2D eigenvalue weighted by Crippen LogP contribution is -2.65. The fraction of sp³-hybridized carbons (Fsp3) is 0.440. The Kier molecular flexibility index (Phi) is 5.19. The van der Waals surface area contributed by atoms with Gasteiger partial charge in [0, 0.05) is 12.2 Å². The quantitative estimate of drug-likeness (QED) is 0.685. The number of hydrogen-bond acceptors (Lipinski definition) is 4. The number of amides is 2. The molecule has 2 amide bonds. The number of imidazole rings is 1. The molecule has 2 aromatic heterocycles. The zero-order chi connectivity index (χ0) is 22.3. The highest BCUT2D eigenvalue weighted by Gasteiger charge is 2.49. The number of carbonyl (C=O) groups excluding carboxylic acids is 2. The Labute approximate surface area is 187 Å². The Balaban J connectivity index is 1.55. The second-order valence-electron chi connectivity index (χ2n) is 9.34. The van der Waals surface area contributed by atoms with Crippen LogP contribution in [0.2, 0.25) is 0 Å². The molecule has 32 heavy (non-hydrogen) atoms. The summed E-state index contributed by atoms with van der Waals surface area (Å²) in [5, 5.41) is 3.30. The highest BCUT2D eigenvalue weighted by atomic mass is 16.2. The zero-order valence-electron chi connectivity index (χ0n) is 18.6. The SMILES string of the molecule is CC1CCCCC1NC(=O)C1(C)Cn2c(nc3ccccc32)C(=O)N1Cc1ccccn1. The van der Waals surface area contributed by atoms with E-state index in [0.29, 0.717) is 18.3 Å². The van der Waals surface area contributed by atoms with E-state index in [1.807, 2.05) is 54.0 Å². The van der Waals surface area contributed by atoms with Crippen LogP contribution in [0.1, 0.15) is 55.8 Å². The van der Waals surface area contributed by atoms with E-state index in [4.69, 9.17) is 0 Å². The maximum Gasteiger partial charge on any atom is 0.291 e. The van der Waals surface area contributed by atoms with Crippen molar-refractivity contribution in [1.82, 2.24) is 24.8 Å².